The van der Waals surface area contributed by atoms with Gasteiger partial charge in [-0.15, -0.1) is 0 Å². The minimum absolute atomic E-state index is 1.36. The molecule has 0 aliphatic heterocycles. The number of hydrogen-bond donors (Lipinski definition) is 0. The molecular weight excluding hydrogens is 793 g/mol. The molecule has 0 aromatic heterocycles. The summed E-state index contributed by atoms with van der Waals surface area (Å²) in [6.07, 6.45) is 60.9. The van der Waals surface area contributed by atoms with E-state index < -0.39 is 0 Å². The molecule has 0 spiro atoms. The molecule has 0 radical (unpaired) electrons. The summed E-state index contributed by atoms with van der Waals surface area (Å²) in [6, 6.07) is 0. The zero-order chi connectivity index (χ0) is 53.1. The van der Waals surface area contributed by atoms with Crippen LogP contribution < -0.4 is 0 Å². The molecule has 0 nitrogen and oxygen atoms in total. The van der Waals surface area contributed by atoms with Crippen molar-refractivity contribution < 1.29 is 0 Å². The normalized spacial score (nSPS) is 9.00. The van der Waals surface area contributed by atoms with Gasteiger partial charge in [-0.2, -0.15) is 0 Å². The van der Waals surface area contributed by atoms with E-state index in [1.54, 1.807) is 0 Å². The summed E-state index contributed by atoms with van der Waals surface area (Å²) in [6.45, 7) is 49.1. The first-order chi connectivity index (χ1) is 32.1. The van der Waals surface area contributed by atoms with Crippen molar-refractivity contribution in [1.82, 2.24) is 0 Å². The Morgan fingerprint density at radius 2 is 0.106 bits per heavy atom. The number of unbranched alkanes of at least 4 members (excludes halogenated alkanes) is 33. The van der Waals surface area contributed by atoms with Crippen LogP contribution in [0.5, 0.6) is 0 Å². The Kier molecular flexibility index (Phi) is 192. The lowest BCUT2D eigenvalue weighted by atomic mass is 10.2. The maximum absolute atomic E-state index is 2.23. The van der Waals surface area contributed by atoms with E-state index in [0.717, 1.165) is 0 Å². The molecule has 66 heavy (non-hydrogen) atoms. The van der Waals surface area contributed by atoms with Crippen LogP contribution in [-0.4, -0.2) is 0 Å². The quantitative estimate of drug-likeness (QED) is 0.0575. The zero-order valence-electron chi connectivity index (χ0n) is 53.1. The molecule has 0 unspecified atom stereocenters. The first-order valence-corrected chi connectivity index (χ1v) is 32.1. The van der Waals surface area contributed by atoms with Gasteiger partial charge in [0, 0.05) is 0 Å². The van der Waals surface area contributed by atoms with Gasteiger partial charge in [0.15, 0.2) is 0 Å². The van der Waals surface area contributed by atoms with Gasteiger partial charge < -0.3 is 0 Å². The Hall–Kier alpha value is 0. The van der Waals surface area contributed by atoms with Crippen LogP contribution in [0.4, 0.5) is 0 Å². The summed E-state index contributed by atoms with van der Waals surface area (Å²) in [5, 5.41) is 0. The third kappa shape index (κ3) is 233. The smallest absolute Gasteiger partial charge is 0.0536 e. The standard InChI is InChI=1S/11C6H14/c11*1-3-5-6-4-2/h11*3-6H2,1-2H3. The molecule has 0 N–H and O–H groups in total. The Morgan fingerprint density at radius 3 is 0.121 bits per heavy atom. The molecule has 0 bridgehead atoms. The molecule has 0 aromatic rings. The van der Waals surface area contributed by atoms with E-state index in [1.165, 1.54) is 283 Å². The third-order valence-corrected chi connectivity index (χ3v) is 10.5. The van der Waals surface area contributed by atoms with Gasteiger partial charge in [0.1, 0.15) is 0 Å². The molecule has 0 heteroatoms. The zero-order valence-corrected chi connectivity index (χ0v) is 53.1. The van der Waals surface area contributed by atoms with Crippen molar-refractivity contribution in [2.75, 3.05) is 0 Å². The molecular formula is C66H154. The molecule has 0 fully saturated rings. The van der Waals surface area contributed by atoms with Gasteiger partial charge in [0.05, 0.1) is 0 Å². The molecule has 0 aliphatic carbocycles. The molecule has 0 heterocycles. The predicted molar refractivity (Wildman–Crippen MR) is 328 cm³/mol. The second kappa shape index (κ2) is 138. The second-order valence-electron chi connectivity index (χ2n) is 18.8. The monoisotopic (exact) mass is 947 g/mol. The van der Waals surface area contributed by atoms with Crippen molar-refractivity contribution in [1.29, 1.82) is 0 Å². The molecule has 0 rings (SSSR count). The van der Waals surface area contributed by atoms with Crippen molar-refractivity contribution in [3.63, 3.8) is 0 Å². The van der Waals surface area contributed by atoms with E-state index in [2.05, 4.69) is 152 Å². The molecule has 0 aliphatic rings. The van der Waals surface area contributed by atoms with Gasteiger partial charge >= 0.3 is 0 Å². The third-order valence-electron chi connectivity index (χ3n) is 10.5. The van der Waals surface area contributed by atoms with E-state index in [4.69, 9.17) is 0 Å². The largest absolute Gasteiger partial charge is 0.0654 e. The van der Waals surface area contributed by atoms with Crippen molar-refractivity contribution in [2.24, 2.45) is 0 Å². The van der Waals surface area contributed by atoms with Crippen molar-refractivity contribution in [2.45, 2.75) is 435 Å². The van der Waals surface area contributed by atoms with Crippen LogP contribution in [0.25, 0.3) is 0 Å². The number of rotatable bonds is 33. The Morgan fingerprint density at radius 1 is 0.0758 bits per heavy atom. The predicted octanol–water partition coefficient (Wildman–Crippen LogP) is 28.5. The van der Waals surface area contributed by atoms with Gasteiger partial charge in [-0.25, -0.2) is 0 Å². The van der Waals surface area contributed by atoms with Crippen molar-refractivity contribution >= 4 is 0 Å². The molecule has 0 aromatic carbocycles. The maximum atomic E-state index is 2.23. The van der Waals surface area contributed by atoms with Gasteiger partial charge in [-0.1, -0.05) is 435 Å². The van der Waals surface area contributed by atoms with Crippen LogP contribution in [0.3, 0.4) is 0 Å². The minimum atomic E-state index is 1.36. The highest BCUT2D eigenvalue weighted by molar-refractivity contribution is 4.36. The maximum Gasteiger partial charge on any atom is -0.0536 e. The summed E-state index contributed by atoms with van der Waals surface area (Å²) >= 11 is 0. The molecule has 0 amide bonds. The SMILES string of the molecule is CCCCCC.CCCCCC.CCCCCC.CCCCCC.CCCCCC.CCCCCC.CCCCCC.CCCCCC.CCCCCC.CCCCCC.CCCCCC. The molecule has 0 atom stereocenters. The highest BCUT2D eigenvalue weighted by atomic mass is 13.9. The average Bonchev–Trinajstić information content (AvgIpc) is 3.35. The van der Waals surface area contributed by atoms with Crippen molar-refractivity contribution in [3.05, 3.63) is 0 Å². The van der Waals surface area contributed by atoms with Gasteiger partial charge in [-0.05, 0) is 0 Å². The lowest BCUT2D eigenvalue weighted by Gasteiger charge is -1.86. The van der Waals surface area contributed by atoms with E-state index in [1.807, 2.05) is 0 Å². The second-order valence-corrected chi connectivity index (χ2v) is 18.8. The summed E-state index contributed by atoms with van der Waals surface area (Å²) < 4.78 is 0. The molecule has 0 saturated carbocycles. The summed E-state index contributed by atoms with van der Waals surface area (Å²) in [7, 11) is 0. The lowest BCUT2D eigenvalue weighted by Crippen LogP contribution is -1.66. The Balaban J connectivity index is -0.0000000560. The highest BCUT2D eigenvalue weighted by Crippen LogP contribution is 2.00. The Bertz CT molecular complexity index is 284. The van der Waals surface area contributed by atoms with Crippen LogP contribution in [0.2, 0.25) is 0 Å². The lowest BCUT2D eigenvalue weighted by molar-refractivity contribution is 0.702. The fraction of sp³-hybridized carbons (Fsp3) is 1.00. The fourth-order valence-corrected chi connectivity index (χ4v) is 5.50. The first-order valence-electron chi connectivity index (χ1n) is 32.1. The van der Waals surface area contributed by atoms with Gasteiger partial charge in [0.2, 0.25) is 0 Å². The van der Waals surface area contributed by atoms with Gasteiger partial charge in [-0.3, -0.25) is 0 Å². The summed E-state index contributed by atoms with van der Waals surface area (Å²) in [4.78, 5) is 0. The average molecular weight is 948 g/mol. The molecule has 0 saturated heterocycles. The van der Waals surface area contributed by atoms with Crippen LogP contribution in [0.1, 0.15) is 435 Å². The van der Waals surface area contributed by atoms with Crippen LogP contribution in [-0.2, 0) is 0 Å². The Labute approximate surface area is 433 Å². The van der Waals surface area contributed by atoms with E-state index in [-0.39, 0.29) is 0 Å². The number of hydrogen-bond acceptors (Lipinski definition) is 0. The van der Waals surface area contributed by atoms with E-state index in [0.29, 0.717) is 0 Å². The van der Waals surface area contributed by atoms with Crippen LogP contribution in [0.15, 0.2) is 0 Å². The summed E-state index contributed by atoms with van der Waals surface area (Å²) in [5.74, 6) is 0. The van der Waals surface area contributed by atoms with E-state index >= 15 is 0 Å². The van der Waals surface area contributed by atoms with E-state index in [9.17, 15) is 0 Å². The van der Waals surface area contributed by atoms with Crippen LogP contribution >= 0.6 is 0 Å². The molecule has 418 valence electrons. The van der Waals surface area contributed by atoms with Gasteiger partial charge in [0.25, 0.3) is 0 Å². The van der Waals surface area contributed by atoms with Crippen molar-refractivity contribution in [3.8, 4) is 0 Å². The summed E-state index contributed by atoms with van der Waals surface area (Å²) in [5.41, 5.74) is 0. The topological polar surface area (TPSA) is 0 Å². The highest BCUT2D eigenvalue weighted by Gasteiger charge is 1.80. The fourth-order valence-electron chi connectivity index (χ4n) is 5.50. The minimum Gasteiger partial charge on any atom is -0.0654 e. The first kappa shape index (κ1) is 92.2. The van der Waals surface area contributed by atoms with Crippen LogP contribution in [0, 0.1) is 0 Å².